The fourth-order valence-corrected chi connectivity index (χ4v) is 2.17. The van der Waals surface area contributed by atoms with Crippen molar-refractivity contribution in [2.24, 2.45) is 0 Å². The van der Waals surface area contributed by atoms with Crippen molar-refractivity contribution >= 4 is 11.6 Å². The molecule has 0 aliphatic carbocycles. The summed E-state index contributed by atoms with van der Waals surface area (Å²) in [7, 11) is 0. The molecule has 0 aliphatic heterocycles. The second kappa shape index (κ2) is 5.24. The molecule has 0 radical (unpaired) electrons. The Kier molecular flexibility index (Phi) is 3.29. The van der Waals surface area contributed by atoms with Gasteiger partial charge in [-0.15, -0.1) is 11.6 Å². The van der Waals surface area contributed by atoms with Crippen LogP contribution in [0.25, 0.3) is 16.9 Å². The topological polar surface area (TPSA) is 30.7 Å². The lowest BCUT2D eigenvalue weighted by atomic mass is 10.1. The van der Waals surface area contributed by atoms with Crippen LogP contribution in [0.1, 0.15) is 5.56 Å². The van der Waals surface area contributed by atoms with Crippen LogP contribution < -0.4 is 0 Å². The lowest BCUT2D eigenvalue weighted by molar-refractivity contribution is 0.836. The smallest absolute Gasteiger partial charge is 0.157 e. The molecule has 3 aromatic rings. The van der Waals surface area contributed by atoms with Crippen LogP contribution in [0.3, 0.4) is 0 Å². The van der Waals surface area contributed by atoms with Gasteiger partial charge < -0.3 is 0 Å². The zero-order chi connectivity index (χ0) is 13.1. The van der Waals surface area contributed by atoms with Crippen molar-refractivity contribution in [3.05, 3.63) is 66.6 Å². The summed E-state index contributed by atoms with van der Waals surface area (Å²) in [6.45, 7) is 0. The Balaban J connectivity index is 2.02. The average molecular weight is 270 g/mol. The van der Waals surface area contributed by atoms with E-state index < -0.39 is 0 Å². The summed E-state index contributed by atoms with van der Waals surface area (Å²) in [5.41, 5.74) is 3.16. The first-order valence-electron chi connectivity index (χ1n) is 5.99. The number of hydrogen-bond donors (Lipinski definition) is 0. The van der Waals surface area contributed by atoms with Gasteiger partial charge in [0.2, 0.25) is 0 Å². The van der Waals surface area contributed by atoms with Crippen LogP contribution in [-0.2, 0) is 5.88 Å². The highest BCUT2D eigenvalue weighted by atomic mass is 35.5. The van der Waals surface area contributed by atoms with Crippen LogP contribution in [0, 0.1) is 0 Å². The van der Waals surface area contributed by atoms with Crippen molar-refractivity contribution in [3.63, 3.8) is 0 Å². The molecule has 0 aliphatic rings. The predicted molar refractivity (Wildman–Crippen MR) is 76.4 cm³/mol. The highest BCUT2D eigenvalue weighted by Crippen LogP contribution is 2.20. The lowest BCUT2D eigenvalue weighted by Crippen LogP contribution is -2.01. The van der Waals surface area contributed by atoms with E-state index in [2.05, 4.69) is 22.2 Å². The van der Waals surface area contributed by atoms with Crippen LogP contribution in [0.5, 0.6) is 0 Å². The molecule has 19 heavy (non-hydrogen) atoms. The molecule has 0 saturated heterocycles. The van der Waals surface area contributed by atoms with E-state index in [1.807, 2.05) is 42.7 Å². The third kappa shape index (κ3) is 2.37. The SMILES string of the molecule is ClCc1cccnc1-n1cc(-c2ccccc2)cn1. The summed E-state index contributed by atoms with van der Waals surface area (Å²) >= 11 is 5.92. The Bertz CT molecular complexity index is 677. The van der Waals surface area contributed by atoms with Gasteiger partial charge in [0, 0.05) is 23.5 Å². The molecular formula is C15H12ClN3. The third-order valence-corrected chi connectivity index (χ3v) is 3.21. The van der Waals surface area contributed by atoms with E-state index in [-0.39, 0.29) is 0 Å². The normalized spacial score (nSPS) is 10.6. The molecule has 3 nitrogen and oxygen atoms in total. The van der Waals surface area contributed by atoms with Gasteiger partial charge in [-0.2, -0.15) is 5.10 Å². The number of pyridine rings is 1. The maximum atomic E-state index is 5.92. The number of rotatable bonds is 3. The molecule has 0 saturated carbocycles. The van der Waals surface area contributed by atoms with E-state index in [9.17, 15) is 0 Å². The van der Waals surface area contributed by atoms with E-state index in [1.165, 1.54) is 0 Å². The highest BCUT2D eigenvalue weighted by molar-refractivity contribution is 6.17. The number of benzene rings is 1. The molecule has 0 atom stereocenters. The first kappa shape index (κ1) is 11.9. The largest absolute Gasteiger partial charge is 0.237 e. The molecule has 0 fully saturated rings. The number of nitrogens with zero attached hydrogens (tertiary/aromatic N) is 3. The quantitative estimate of drug-likeness (QED) is 0.679. The van der Waals surface area contributed by atoms with Crippen LogP contribution in [0.4, 0.5) is 0 Å². The summed E-state index contributed by atoms with van der Waals surface area (Å²) in [4.78, 5) is 4.34. The Hall–Kier alpha value is -2.13. The monoisotopic (exact) mass is 269 g/mol. The van der Waals surface area contributed by atoms with Gasteiger partial charge in [0.15, 0.2) is 5.82 Å². The fourth-order valence-electron chi connectivity index (χ4n) is 1.96. The zero-order valence-electron chi connectivity index (χ0n) is 10.2. The summed E-state index contributed by atoms with van der Waals surface area (Å²) in [6, 6.07) is 14.0. The molecule has 0 unspecified atom stereocenters. The van der Waals surface area contributed by atoms with E-state index in [4.69, 9.17) is 11.6 Å². The molecule has 0 spiro atoms. The number of aromatic nitrogens is 3. The van der Waals surface area contributed by atoms with Gasteiger partial charge in [-0.3, -0.25) is 0 Å². The number of hydrogen-bond acceptors (Lipinski definition) is 2. The Morgan fingerprint density at radius 2 is 1.84 bits per heavy atom. The molecule has 0 N–H and O–H groups in total. The average Bonchev–Trinajstić information content (AvgIpc) is 2.98. The molecule has 0 amide bonds. The van der Waals surface area contributed by atoms with Gasteiger partial charge in [0.05, 0.1) is 12.1 Å². The Labute approximate surface area is 116 Å². The van der Waals surface area contributed by atoms with Crippen LogP contribution in [0.15, 0.2) is 61.1 Å². The minimum absolute atomic E-state index is 0.420. The van der Waals surface area contributed by atoms with Crippen molar-refractivity contribution in [1.82, 2.24) is 14.8 Å². The van der Waals surface area contributed by atoms with E-state index in [1.54, 1.807) is 10.9 Å². The second-order valence-electron chi connectivity index (χ2n) is 4.16. The summed E-state index contributed by atoms with van der Waals surface area (Å²) in [6.07, 6.45) is 5.55. The van der Waals surface area contributed by atoms with E-state index in [0.717, 1.165) is 22.5 Å². The first-order valence-corrected chi connectivity index (χ1v) is 6.52. The number of alkyl halides is 1. The summed E-state index contributed by atoms with van der Waals surface area (Å²) < 4.78 is 1.76. The third-order valence-electron chi connectivity index (χ3n) is 2.92. The minimum Gasteiger partial charge on any atom is -0.237 e. The zero-order valence-corrected chi connectivity index (χ0v) is 11.0. The fraction of sp³-hybridized carbons (Fsp3) is 0.0667. The molecular weight excluding hydrogens is 258 g/mol. The summed E-state index contributed by atoms with van der Waals surface area (Å²) in [5, 5.41) is 4.37. The molecule has 0 bridgehead atoms. The first-order chi connectivity index (χ1) is 9.38. The van der Waals surface area contributed by atoms with E-state index >= 15 is 0 Å². The van der Waals surface area contributed by atoms with Crippen molar-refractivity contribution in [3.8, 4) is 16.9 Å². The lowest BCUT2D eigenvalue weighted by Gasteiger charge is -2.04. The van der Waals surface area contributed by atoms with Crippen molar-refractivity contribution in [1.29, 1.82) is 0 Å². The van der Waals surface area contributed by atoms with Crippen molar-refractivity contribution in [2.45, 2.75) is 5.88 Å². The van der Waals surface area contributed by atoms with Crippen molar-refractivity contribution < 1.29 is 0 Å². The van der Waals surface area contributed by atoms with Crippen LogP contribution >= 0.6 is 11.6 Å². The Morgan fingerprint density at radius 1 is 1.00 bits per heavy atom. The molecule has 4 heteroatoms. The van der Waals surface area contributed by atoms with Gasteiger partial charge in [0.25, 0.3) is 0 Å². The van der Waals surface area contributed by atoms with Crippen LogP contribution in [-0.4, -0.2) is 14.8 Å². The van der Waals surface area contributed by atoms with E-state index in [0.29, 0.717) is 5.88 Å². The van der Waals surface area contributed by atoms with Gasteiger partial charge in [-0.05, 0) is 11.6 Å². The molecule has 2 aromatic heterocycles. The molecule has 1 aromatic carbocycles. The van der Waals surface area contributed by atoms with Gasteiger partial charge in [0.1, 0.15) is 0 Å². The number of halogens is 1. The van der Waals surface area contributed by atoms with Gasteiger partial charge in [-0.1, -0.05) is 36.4 Å². The standard InChI is InChI=1S/C15H12ClN3/c16-9-13-7-4-8-17-15(13)19-11-14(10-18-19)12-5-2-1-3-6-12/h1-8,10-11H,9H2. The Morgan fingerprint density at radius 3 is 2.63 bits per heavy atom. The highest BCUT2D eigenvalue weighted by Gasteiger charge is 2.07. The van der Waals surface area contributed by atoms with Crippen molar-refractivity contribution in [2.75, 3.05) is 0 Å². The van der Waals surface area contributed by atoms with Gasteiger partial charge >= 0.3 is 0 Å². The summed E-state index contributed by atoms with van der Waals surface area (Å²) in [5.74, 6) is 1.20. The maximum absolute atomic E-state index is 5.92. The minimum atomic E-state index is 0.420. The second-order valence-corrected chi connectivity index (χ2v) is 4.43. The maximum Gasteiger partial charge on any atom is 0.157 e. The molecule has 3 rings (SSSR count). The predicted octanol–water partition coefficient (Wildman–Crippen LogP) is 3.67. The van der Waals surface area contributed by atoms with Gasteiger partial charge in [-0.25, -0.2) is 9.67 Å². The molecule has 94 valence electrons. The molecule has 2 heterocycles. The van der Waals surface area contributed by atoms with Crippen LogP contribution in [0.2, 0.25) is 0 Å².